The summed E-state index contributed by atoms with van der Waals surface area (Å²) in [7, 11) is 1.47. The topological polar surface area (TPSA) is 98.1 Å². The van der Waals surface area contributed by atoms with Crippen molar-refractivity contribution in [2.75, 3.05) is 20.3 Å². The van der Waals surface area contributed by atoms with Gasteiger partial charge in [0.15, 0.2) is 17.3 Å². The maximum Gasteiger partial charge on any atom is 0.163 e. The highest BCUT2D eigenvalue weighted by atomic mass is 35.5. The maximum atomic E-state index is 13.9. The number of nitrogens with zero attached hydrogens (tertiary/aromatic N) is 1. The zero-order valence-electron chi connectivity index (χ0n) is 23.4. The zero-order valence-corrected chi connectivity index (χ0v) is 24.1. The van der Waals surface area contributed by atoms with E-state index >= 15 is 0 Å². The minimum absolute atomic E-state index is 0.0383. The molecule has 214 valence electrons. The molecule has 9 heteroatoms. The molecule has 4 rings (SSSR count). The van der Waals surface area contributed by atoms with Gasteiger partial charge in [0.2, 0.25) is 0 Å². The highest BCUT2D eigenvalue weighted by Gasteiger charge is 2.36. The summed E-state index contributed by atoms with van der Waals surface area (Å²) in [5.74, 6) is 0.650. The van der Waals surface area contributed by atoms with Crippen molar-refractivity contribution < 1.29 is 33.6 Å². The van der Waals surface area contributed by atoms with Gasteiger partial charge in [0, 0.05) is 23.1 Å². The predicted molar refractivity (Wildman–Crippen MR) is 151 cm³/mol. The van der Waals surface area contributed by atoms with Crippen LogP contribution in [0.5, 0.6) is 17.2 Å². The fourth-order valence-corrected chi connectivity index (χ4v) is 4.82. The smallest absolute Gasteiger partial charge is 0.163 e. The van der Waals surface area contributed by atoms with Crippen molar-refractivity contribution in [3.05, 3.63) is 70.1 Å². The lowest BCUT2D eigenvalue weighted by Gasteiger charge is -2.35. The number of hydrogen-bond donors (Lipinski definition) is 2. The summed E-state index contributed by atoms with van der Waals surface area (Å²) in [5, 5.41) is 21.0. The number of aliphatic hydroxyl groups is 2. The van der Waals surface area contributed by atoms with Gasteiger partial charge in [-0.25, -0.2) is 9.37 Å². The highest BCUT2D eigenvalue weighted by Crippen LogP contribution is 2.45. The first-order valence-corrected chi connectivity index (χ1v) is 13.6. The molecule has 40 heavy (non-hydrogen) atoms. The molecule has 0 saturated carbocycles. The Bertz CT molecular complexity index is 1400. The highest BCUT2D eigenvalue weighted by molar-refractivity contribution is 6.31. The van der Waals surface area contributed by atoms with Crippen LogP contribution in [0.15, 0.2) is 42.5 Å². The van der Waals surface area contributed by atoms with Crippen molar-refractivity contribution in [3.8, 4) is 28.5 Å². The molecule has 0 spiro atoms. The molecule has 0 amide bonds. The molecule has 7 nitrogen and oxygen atoms in total. The standard InChI is InChI=1S/C31H35ClFNO6/c1-18(35)17-40-25-9-7-19(15-26(25)38-5)24(36)10-11-31(4,37)27-16-21-29(39-13-12-30(21,2)3)28(34-27)20-6-8-23(33)22(32)14-20/h6-9,14-16,18,35,37H,10-13,17H2,1-5H3/t18-,31?/m1/s1. The molecule has 2 heterocycles. The number of aromatic nitrogens is 1. The van der Waals surface area contributed by atoms with Gasteiger partial charge in [-0.1, -0.05) is 25.4 Å². The van der Waals surface area contributed by atoms with Gasteiger partial charge >= 0.3 is 0 Å². The fourth-order valence-electron chi connectivity index (χ4n) is 4.64. The third kappa shape index (κ3) is 6.40. The molecule has 0 radical (unpaired) electrons. The Labute approximate surface area is 238 Å². The fraction of sp³-hybridized carbons (Fsp3) is 0.419. The van der Waals surface area contributed by atoms with Crippen LogP contribution in [0.25, 0.3) is 11.3 Å². The van der Waals surface area contributed by atoms with E-state index in [1.165, 1.54) is 19.2 Å². The van der Waals surface area contributed by atoms with E-state index in [1.807, 2.05) is 6.07 Å². The first kappa shape index (κ1) is 29.8. The van der Waals surface area contributed by atoms with E-state index in [-0.39, 0.29) is 35.7 Å². The molecule has 2 aromatic carbocycles. The summed E-state index contributed by atoms with van der Waals surface area (Å²) in [6, 6.07) is 11.0. The number of pyridine rings is 1. The van der Waals surface area contributed by atoms with E-state index in [1.54, 1.807) is 38.1 Å². The molecule has 3 aromatic rings. The molecular weight excluding hydrogens is 537 g/mol. The van der Waals surface area contributed by atoms with Crippen LogP contribution in [0.4, 0.5) is 4.39 Å². The number of aliphatic hydroxyl groups excluding tert-OH is 1. The number of halogens is 2. The third-order valence-electron chi connectivity index (χ3n) is 7.22. The van der Waals surface area contributed by atoms with Crippen LogP contribution in [0.3, 0.4) is 0 Å². The minimum atomic E-state index is -1.46. The molecule has 0 bridgehead atoms. The summed E-state index contributed by atoms with van der Waals surface area (Å²) < 4.78 is 30.9. The van der Waals surface area contributed by atoms with Crippen LogP contribution in [0.2, 0.25) is 5.02 Å². The average molecular weight is 572 g/mol. The van der Waals surface area contributed by atoms with E-state index in [4.69, 9.17) is 30.8 Å². The van der Waals surface area contributed by atoms with Gasteiger partial charge in [0.05, 0.1) is 30.5 Å². The SMILES string of the molecule is COc1cc(C(=O)CCC(C)(O)c2cc3c(c(-c4ccc(F)c(Cl)c4)n2)OCCC3(C)C)ccc1OC[C@@H](C)O. The van der Waals surface area contributed by atoms with Crippen LogP contribution in [0, 0.1) is 5.82 Å². The minimum Gasteiger partial charge on any atom is -0.493 e. The van der Waals surface area contributed by atoms with Crippen LogP contribution in [-0.2, 0) is 11.0 Å². The Kier molecular flexibility index (Phi) is 8.73. The van der Waals surface area contributed by atoms with E-state index in [0.717, 1.165) is 12.0 Å². The Balaban J connectivity index is 1.63. The molecule has 1 aliphatic rings. The van der Waals surface area contributed by atoms with E-state index in [0.29, 0.717) is 46.4 Å². The second-order valence-corrected chi connectivity index (χ2v) is 11.5. The molecule has 0 saturated heterocycles. The number of ether oxygens (including phenoxy) is 3. The van der Waals surface area contributed by atoms with Gasteiger partial charge in [-0.3, -0.25) is 4.79 Å². The average Bonchev–Trinajstić information content (AvgIpc) is 2.91. The van der Waals surface area contributed by atoms with Crippen molar-refractivity contribution in [2.45, 2.75) is 64.1 Å². The molecular formula is C31H35ClFNO6. The number of rotatable bonds is 10. The second-order valence-electron chi connectivity index (χ2n) is 11.1. The number of carbonyl (C=O) groups excluding carboxylic acids is 1. The molecule has 2 N–H and O–H groups in total. The number of benzene rings is 2. The monoisotopic (exact) mass is 571 g/mol. The lowest BCUT2D eigenvalue weighted by molar-refractivity contribution is 0.0394. The van der Waals surface area contributed by atoms with Gasteiger partial charge in [-0.2, -0.15) is 0 Å². The van der Waals surface area contributed by atoms with Crippen LogP contribution < -0.4 is 14.2 Å². The first-order valence-electron chi connectivity index (χ1n) is 13.2. The number of ketones is 1. The normalized spacial score (nSPS) is 16.3. The van der Waals surface area contributed by atoms with Gasteiger partial charge in [0.1, 0.15) is 29.5 Å². The second kappa shape index (κ2) is 11.7. The summed E-state index contributed by atoms with van der Waals surface area (Å²) >= 11 is 6.08. The van der Waals surface area contributed by atoms with E-state index in [2.05, 4.69) is 13.8 Å². The Hall–Kier alpha value is -3.20. The number of Topliss-reactive ketones (excluding diaryl/α,β-unsaturated/α-hetero) is 1. The molecule has 2 atom stereocenters. The summed E-state index contributed by atoms with van der Waals surface area (Å²) in [6.45, 7) is 8.02. The predicted octanol–water partition coefficient (Wildman–Crippen LogP) is 6.24. The van der Waals surface area contributed by atoms with Gasteiger partial charge in [-0.05, 0) is 74.6 Å². The third-order valence-corrected chi connectivity index (χ3v) is 7.51. The van der Waals surface area contributed by atoms with Gasteiger partial charge in [-0.15, -0.1) is 0 Å². The Morgan fingerprint density at radius 3 is 2.65 bits per heavy atom. The van der Waals surface area contributed by atoms with Crippen molar-refractivity contribution >= 4 is 17.4 Å². The number of fused-ring (bicyclic) bond motifs is 1. The quantitative estimate of drug-likeness (QED) is 0.278. The van der Waals surface area contributed by atoms with Gasteiger partial charge in [0.25, 0.3) is 0 Å². The lowest BCUT2D eigenvalue weighted by Crippen LogP contribution is -2.30. The lowest BCUT2D eigenvalue weighted by atomic mass is 9.78. The summed E-state index contributed by atoms with van der Waals surface area (Å²) in [6.07, 6.45) is 0.265. The molecule has 1 aromatic heterocycles. The molecule has 1 aliphatic heterocycles. The number of hydrogen-bond acceptors (Lipinski definition) is 7. The van der Waals surface area contributed by atoms with Crippen LogP contribution in [0.1, 0.15) is 68.6 Å². The Morgan fingerprint density at radius 2 is 1.98 bits per heavy atom. The van der Waals surface area contributed by atoms with Crippen LogP contribution in [-0.4, -0.2) is 47.4 Å². The van der Waals surface area contributed by atoms with Crippen LogP contribution >= 0.6 is 11.6 Å². The zero-order chi connectivity index (χ0) is 29.2. The number of methoxy groups -OCH3 is 1. The molecule has 0 aliphatic carbocycles. The van der Waals surface area contributed by atoms with Crippen molar-refractivity contribution in [3.63, 3.8) is 0 Å². The van der Waals surface area contributed by atoms with Gasteiger partial charge < -0.3 is 24.4 Å². The molecule has 1 unspecified atom stereocenters. The van der Waals surface area contributed by atoms with Crippen molar-refractivity contribution in [1.82, 2.24) is 4.98 Å². The first-order chi connectivity index (χ1) is 18.8. The van der Waals surface area contributed by atoms with E-state index in [9.17, 15) is 19.4 Å². The van der Waals surface area contributed by atoms with Crippen molar-refractivity contribution in [2.24, 2.45) is 0 Å². The van der Waals surface area contributed by atoms with Crippen molar-refractivity contribution in [1.29, 1.82) is 0 Å². The molecule has 0 fully saturated rings. The number of carbonyl (C=O) groups is 1. The summed E-state index contributed by atoms with van der Waals surface area (Å²) in [4.78, 5) is 17.9. The maximum absolute atomic E-state index is 13.9. The Morgan fingerprint density at radius 1 is 1.23 bits per heavy atom. The van der Waals surface area contributed by atoms with E-state index < -0.39 is 17.5 Å². The largest absolute Gasteiger partial charge is 0.493 e. The summed E-state index contributed by atoms with van der Waals surface area (Å²) in [5.41, 5.74) is 0.985.